The van der Waals surface area contributed by atoms with Gasteiger partial charge in [-0.3, -0.25) is 9.78 Å². The Morgan fingerprint density at radius 1 is 1.19 bits per heavy atom. The number of amides is 1. The van der Waals surface area contributed by atoms with Gasteiger partial charge in [-0.25, -0.2) is 9.47 Å². The molecule has 1 aromatic carbocycles. The van der Waals surface area contributed by atoms with Crippen molar-refractivity contribution in [3.63, 3.8) is 0 Å². The lowest BCUT2D eigenvalue weighted by Gasteiger charge is -2.06. The summed E-state index contributed by atoms with van der Waals surface area (Å²) in [5.41, 5.74) is 1.56. The third kappa shape index (κ3) is 4.42. The zero-order valence-electron chi connectivity index (χ0n) is 14.3. The highest BCUT2D eigenvalue weighted by Crippen LogP contribution is 2.20. The van der Waals surface area contributed by atoms with E-state index in [2.05, 4.69) is 25.2 Å². The Kier molecular flexibility index (Phi) is 5.67. The van der Waals surface area contributed by atoms with E-state index in [0.717, 1.165) is 11.8 Å². The van der Waals surface area contributed by atoms with Crippen LogP contribution in [0.25, 0.3) is 11.5 Å². The standard InChI is InChI=1S/C17H16N6O3S/c1-26-16(25)11-5-7-12(8-6-11)20-14(24)10-27-17-22-21-15(23(17)18)13-4-2-3-9-19-13/h2-9H,10,18H2,1H3,(H,20,24). The Labute approximate surface area is 158 Å². The van der Waals surface area contributed by atoms with E-state index >= 15 is 0 Å². The number of ether oxygens (including phenoxy) is 1. The Hall–Kier alpha value is -3.40. The van der Waals surface area contributed by atoms with Crippen LogP contribution in [0.15, 0.2) is 53.8 Å². The van der Waals surface area contributed by atoms with Crippen LogP contribution >= 0.6 is 11.8 Å². The molecule has 10 heteroatoms. The maximum atomic E-state index is 12.1. The molecule has 0 unspecified atom stereocenters. The van der Waals surface area contributed by atoms with E-state index in [1.54, 1.807) is 42.6 Å². The van der Waals surface area contributed by atoms with Crippen molar-refractivity contribution in [2.24, 2.45) is 0 Å². The number of nitrogens with one attached hydrogen (secondary N) is 1. The van der Waals surface area contributed by atoms with Crippen molar-refractivity contribution >= 4 is 29.3 Å². The fourth-order valence-corrected chi connectivity index (χ4v) is 2.84. The van der Waals surface area contributed by atoms with Crippen LogP contribution in [0.3, 0.4) is 0 Å². The van der Waals surface area contributed by atoms with Gasteiger partial charge in [0.2, 0.25) is 16.9 Å². The molecule has 0 aliphatic carbocycles. The minimum absolute atomic E-state index is 0.0936. The van der Waals surface area contributed by atoms with Gasteiger partial charge in [-0.05, 0) is 36.4 Å². The molecule has 0 radical (unpaired) electrons. The summed E-state index contributed by atoms with van der Waals surface area (Å²) < 4.78 is 5.93. The smallest absolute Gasteiger partial charge is 0.337 e. The summed E-state index contributed by atoms with van der Waals surface area (Å²) in [6, 6.07) is 11.8. The molecule has 2 aromatic heterocycles. The normalized spacial score (nSPS) is 10.4. The Morgan fingerprint density at radius 3 is 2.63 bits per heavy atom. The fraction of sp³-hybridized carbons (Fsp3) is 0.118. The number of pyridine rings is 1. The number of hydrogen-bond donors (Lipinski definition) is 2. The number of thioether (sulfide) groups is 1. The highest BCUT2D eigenvalue weighted by atomic mass is 32.2. The van der Waals surface area contributed by atoms with Gasteiger partial charge in [0.05, 0.1) is 18.4 Å². The molecule has 138 valence electrons. The molecule has 3 rings (SSSR count). The molecule has 3 N–H and O–H groups in total. The number of carbonyl (C=O) groups is 2. The summed E-state index contributed by atoms with van der Waals surface area (Å²) >= 11 is 1.15. The van der Waals surface area contributed by atoms with Gasteiger partial charge in [0.15, 0.2) is 0 Å². The third-order valence-electron chi connectivity index (χ3n) is 3.48. The SMILES string of the molecule is COC(=O)c1ccc(NC(=O)CSc2nnc(-c3ccccn3)n2N)cc1. The molecule has 0 saturated carbocycles. The van der Waals surface area contributed by atoms with Gasteiger partial charge in [0, 0.05) is 11.9 Å². The van der Waals surface area contributed by atoms with Crippen molar-refractivity contribution in [3.05, 3.63) is 54.2 Å². The molecule has 2 heterocycles. The van der Waals surface area contributed by atoms with Crippen molar-refractivity contribution in [3.8, 4) is 11.5 Å². The topological polar surface area (TPSA) is 125 Å². The molecule has 0 aliphatic heterocycles. The van der Waals surface area contributed by atoms with Crippen LogP contribution in [0.2, 0.25) is 0 Å². The van der Waals surface area contributed by atoms with E-state index < -0.39 is 5.97 Å². The van der Waals surface area contributed by atoms with Crippen molar-refractivity contribution < 1.29 is 14.3 Å². The summed E-state index contributed by atoms with van der Waals surface area (Å²) in [5.74, 6) is 5.82. The molecule has 3 aromatic rings. The number of nitrogen functional groups attached to an aromatic ring is 1. The number of aromatic nitrogens is 4. The average molecular weight is 384 g/mol. The first kappa shape index (κ1) is 18.4. The van der Waals surface area contributed by atoms with Gasteiger partial charge < -0.3 is 15.9 Å². The van der Waals surface area contributed by atoms with Gasteiger partial charge in [-0.1, -0.05) is 17.8 Å². The molecule has 0 fully saturated rings. The molecular weight excluding hydrogens is 368 g/mol. The second-order valence-electron chi connectivity index (χ2n) is 5.30. The summed E-state index contributed by atoms with van der Waals surface area (Å²) in [6.07, 6.45) is 1.63. The van der Waals surface area contributed by atoms with Crippen LogP contribution in [0.1, 0.15) is 10.4 Å². The van der Waals surface area contributed by atoms with E-state index in [9.17, 15) is 9.59 Å². The number of hydrogen-bond acceptors (Lipinski definition) is 8. The van der Waals surface area contributed by atoms with Gasteiger partial charge >= 0.3 is 5.97 Å². The maximum absolute atomic E-state index is 12.1. The van der Waals surface area contributed by atoms with Gasteiger partial charge in [-0.2, -0.15) is 0 Å². The van der Waals surface area contributed by atoms with Crippen LogP contribution < -0.4 is 11.2 Å². The van der Waals surface area contributed by atoms with E-state index in [1.807, 2.05) is 6.07 Å². The van der Waals surface area contributed by atoms with Gasteiger partial charge in [0.25, 0.3) is 0 Å². The summed E-state index contributed by atoms with van der Waals surface area (Å²) in [6.45, 7) is 0. The lowest BCUT2D eigenvalue weighted by molar-refractivity contribution is -0.113. The quantitative estimate of drug-likeness (QED) is 0.373. The molecule has 0 bridgehead atoms. The summed E-state index contributed by atoms with van der Waals surface area (Å²) in [5, 5.41) is 11.1. The lowest BCUT2D eigenvalue weighted by atomic mass is 10.2. The van der Waals surface area contributed by atoms with Crippen LogP contribution in [-0.2, 0) is 9.53 Å². The Bertz CT molecular complexity index is 943. The number of esters is 1. The first-order valence-electron chi connectivity index (χ1n) is 7.81. The van der Waals surface area contributed by atoms with Gasteiger partial charge in [0.1, 0.15) is 5.69 Å². The van der Waals surface area contributed by atoms with E-state index in [-0.39, 0.29) is 11.7 Å². The van der Waals surface area contributed by atoms with E-state index in [4.69, 9.17) is 5.84 Å². The predicted octanol–water partition coefficient (Wildman–Crippen LogP) is 1.57. The minimum atomic E-state index is -0.436. The molecule has 0 aliphatic rings. The van der Waals surface area contributed by atoms with Crippen LogP contribution in [-0.4, -0.2) is 44.6 Å². The van der Waals surface area contributed by atoms with Crippen LogP contribution in [0, 0.1) is 0 Å². The number of nitrogens with zero attached hydrogens (tertiary/aromatic N) is 4. The van der Waals surface area contributed by atoms with Gasteiger partial charge in [-0.15, -0.1) is 10.2 Å². The molecule has 0 spiro atoms. The first-order valence-corrected chi connectivity index (χ1v) is 8.80. The first-order chi connectivity index (χ1) is 13.1. The van der Waals surface area contributed by atoms with E-state index in [1.165, 1.54) is 11.8 Å². The highest BCUT2D eigenvalue weighted by molar-refractivity contribution is 7.99. The summed E-state index contributed by atoms with van der Waals surface area (Å²) in [7, 11) is 1.31. The largest absolute Gasteiger partial charge is 0.465 e. The molecule has 0 atom stereocenters. The Balaban J connectivity index is 1.58. The highest BCUT2D eigenvalue weighted by Gasteiger charge is 2.14. The maximum Gasteiger partial charge on any atom is 0.337 e. The van der Waals surface area contributed by atoms with Crippen molar-refractivity contribution in [1.29, 1.82) is 0 Å². The number of rotatable bonds is 6. The van der Waals surface area contributed by atoms with Crippen molar-refractivity contribution in [1.82, 2.24) is 19.9 Å². The fourth-order valence-electron chi connectivity index (χ4n) is 2.18. The zero-order chi connectivity index (χ0) is 19.2. The third-order valence-corrected chi connectivity index (χ3v) is 4.42. The predicted molar refractivity (Wildman–Crippen MR) is 101 cm³/mol. The number of carbonyl (C=O) groups excluding carboxylic acids is 2. The monoisotopic (exact) mass is 384 g/mol. The molecule has 9 nitrogen and oxygen atoms in total. The molecule has 0 saturated heterocycles. The van der Waals surface area contributed by atoms with Crippen molar-refractivity contribution in [2.75, 3.05) is 24.0 Å². The number of nitrogens with two attached hydrogens (primary N) is 1. The molecular formula is C17H16N6O3S. The summed E-state index contributed by atoms with van der Waals surface area (Å²) in [4.78, 5) is 27.7. The molecule has 27 heavy (non-hydrogen) atoms. The second kappa shape index (κ2) is 8.32. The van der Waals surface area contributed by atoms with Crippen LogP contribution in [0.4, 0.5) is 5.69 Å². The average Bonchev–Trinajstić information content (AvgIpc) is 3.07. The lowest BCUT2D eigenvalue weighted by Crippen LogP contribution is -2.16. The number of anilines is 1. The number of benzene rings is 1. The van der Waals surface area contributed by atoms with Crippen LogP contribution in [0.5, 0.6) is 0 Å². The minimum Gasteiger partial charge on any atom is -0.465 e. The second-order valence-corrected chi connectivity index (χ2v) is 6.24. The van der Waals surface area contributed by atoms with Crippen molar-refractivity contribution in [2.45, 2.75) is 5.16 Å². The number of methoxy groups -OCH3 is 1. The molecule has 1 amide bonds. The zero-order valence-corrected chi connectivity index (χ0v) is 15.1. The van der Waals surface area contributed by atoms with E-state index in [0.29, 0.717) is 27.9 Å². The Morgan fingerprint density at radius 2 is 1.96 bits per heavy atom.